The van der Waals surface area contributed by atoms with Gasteiger partial charge in [0, 0.05) is 21.2 Å². The molecule has 5 nitrogen and oxygen atoms in total. The lowest BCUT2D eigenvalue weighted by Gasteiger charge is -2.12. The number of ether oxygens (including phenoxy) is 3. The van der Waals surface area contributed by atoms with Crippen molar-refractivity contribution in [3.05, 3.63) is 125 Å². The van der Waals surface area contributed by atoms with E-state index in [2.05, 4.69) is 0 Å². The second kappa shape index (κ2) is 11.1. The molecular formula is C31H24O5S. The first-order valence-electron chi connectivity index (χ1n) is 11.8. The second-order valence-corrected chi connectivity index (χ2v) is 9.36. The van der Waals surface area contributed by atoms with Crippen molar-refractivity contribution in [1.29, 1.82) is 0 Å². The van der Waals surface area contributed by atoms with Crippen molar-refractivity contribution in [3.8, 4) is 17.2 Å². The molecule has 6 heteroatoms. The zero-order valence-corrected chi connectivity index (χ0v) is 21.0. The fourth-order valence-corrected chi connectivity index (χ4v) is 5.06. The molecule has 1 aromatic heterocycles. The van der Waals surface area contributed by atoms with Crippen LogP contribution in [-0.2, 0) is 6.61 Å². The molecule has 0 aliphatic heterocycles. The lowest BCUT2D eigenvalue weighted by Crippen LogP contribution is -2.13. The van der Waals surface area contributed by atoms with Gasteiger partial charge >= 0.3 is 0 Å². The molecule has 184 valence electrons. The molecule has 0 radical (unpaired) electrons. The van der Waals surface area contributed by atoms with Crippen molar-refractivity contribution in [1.82, 2.24) is 0 Å². The zero-order chi connectivity index (χ0) is 25.6. The predicted octanol–water partition coefficient (Wildman–Crippen LogP) is 6.98. The van der Waals surface area contributed by atoms with Crippen LogP contribution < -0.4 is 14.2 Å². The number of carbonyl (C=O) groups excluding carboxylic acids is 2. The summed E-state index contributed by atoms with van der Waals surface area (Å²) in [5.74, 6) is 1.07. The predicted molar refractivity (Wildman–Crippen MR) is 145 cm³/mol. The monoisotopic (exact) mass is 508 g/mol. The van der Waals surface area contributed by atoms with Gasteiger partial charge in [0.1, 0.15) is 17.2 Å². The van der Waals surface area contributed by atoms with Gasteiger partial charge in [-0.2, -0.15) is 0 Å². The van der Waals surface area contributed by atoms with Crippen LogP contribution in [0.25, 0.3) is 10.1 Å². The van der Waals surface area contributed by atoms with Crippen LogP contribution in [-0.4, -0.2) is 25.3 Å². The highest BCUT2D eigenvalue weighted by Crippen LogP contribution is 2.39. The van der Waals surface area contributed by atoms with Crippen LogP contribution in [0.5, 0.6) is 17.2 Å². The normalized spacial score (nSPS) is 10.7. The first-order chi connectivity index (χ1) is 18.1. The number of rotatable bonds is 10. The summed E-state index contributed by atoms with van der Waals surface area (Å²) in [6, 6.07) is 31.6. The maximum Gasteiger partial charge on any atom is 0.206 e. The lowest BCUT2D eigenvalue weighted by molar-refractivity contribution is 0.0917. The van der Waals surface area contributed by atoms with Crippen LogP contribution in [0.15, 0.2) is 103 Å². The van der Waals surface area contributed by atoms with Crippen molar-refractivity contribution in [3.63, 3.8) is 0 Å². The Morgan fingerprint density at radius 1 is 0.730 bits per heavy atom. The molecule has 0 aliphatic carbocycles. The smallest absolute Gasteiger partial charge is 0.206 e. The number of hydrogen-bond donors (Lipinski definition) is 0. The van der Waals surface area contributed by atoms with E-state index in [-0.39, 0.29) is 18.2 Å². The third-order valence-electron chi connectivity index (χ3n) is 5.86. The molecular weight excluding hydrogens is 484 g/mol. The fraction of sp³-hybridized carbons (Fsp3) is 0.0968. The van der Waals surface area contributed by atoms with Gasteiger partial charge in [-0.3, -0.25) is 9.59 Å². The number of benzene rings is 4. The van der Waals surface area contributed by atoms with E-state index in [4.69, 9.17) is 14.2 Å². The number of carbonyl (C=O) groups is 2. The Morgan fingerprint density at radius 3 is 2.19 bits per heavy atom. The number of hydrogen-bond acceptors (Lipinski definition) is 6. The number of thiophene rings is 1. The summed E-state index contributed by atoms with van der Waals surface area (Å²) in [5.41, 5.74) is 2.03. The Bertz CT molecular complexity index is 1540. The summed E-state index contributed by atoms with van der Waals surface area (Å²) >= 11 is 1.36. The van der Waals surface area contributed by atoms with E-state index in [0.717, 1.165) is 15.6 Å². The topological polar surface area (TPSA) is 61.8 Å². The average molecular weight is 509 g/mol. The third-order valence-corrected chi connectivity index (χ3v) is 7.01. The van der Waals surface area contributed by atoms with E-state index in [9.17, 15) is 9.59 Å². The molecule has 0 saturated carbocycles. The van der Waals surface area contributed by atoms with Gasteiger partial charge in [0.15, 0.2) is 23.9 Å². The minimum absolute atomic E-state index is 0.133. The number of methoxy groups -OCH3 is 1. The summed E-state index contributed by atoms with van der Waals surface area (Å²) in [6.45, 7) is 0.167. The lowest BCUT2D eigenvalue weighted by atomic mass is 10.1. The molecule has 1 heterocycles. The van der Waals surface area contributed by atoms with Gasteiger partial charge in [-0.05, 0) is 35.9 Å². The molecule has 0 atom stereocenters. The molecule has 4 aromatic carbocycles. The first kappa shape index (κ1) is 24.3. The van der Waals surface area contributed by atoms with Gasteiger partial charge in [0.2, 0.25) is 5.78 Å². The molecule has 0 amide bonds. The van der Waals surface area contributed by atoms with Crippen LogP contribution in [0.4, 0.5) is 0 Å². The summed E-state index contributed by atoms with van der Waals surface area (Å²) in [6.07, 6.45) is 0. The molecule has 0 unspecified atom stereocenters. The Labute approximate surface area is 218 Å². The third kappa shape index (κ3) is 5.39. The maximum atomic E-state index is 13.3. The summed E-state index contributed by atoms with van der Waals surface area (Å²) in [4.78, 5) is 26.8. The Hall–Kier alpha value is -4.42. The standard InChI is InChI=1S/C31H24O5S/c1-34-27-18-23(16-17-26(27)35-19-21-10-4-2-5-11-21)25(32)20-36-30-24-14-8-9-15-28(24)37-31(30)29(33)22-12-6-3-7-13-22/h2-18H,19-20H2,1H3. The van der Waals surface area contributed by atoms with Crippen LogP contribution in [0.1, 0.15) is 31.2 Å². The quantitative estimate of drug-likeness (QED) is 0.190. The molecule has 0 saturated heterocycles. The maximum absolute atomic E-state index is 13.3. The number of ketones is 2. The van der Waals surface area contributed by atoms with Crippen molar-refractivity contribution < 1.29 is 23.8 Å². The molecule has 0 N–H and O–H groups in total. The molecule has 0 aliphatic rings. The SMILES string of the molecule is COc1cc(C(=O)COc2c(C(=O)c3ccccc3)sc3ccccc23)ccc1OCc1ccccc1. The van der Waals surface area contributed by atoms with E-state index in [1.807, 2.05) is 72.8 Å². The van der Waals surface area contributed by atoms with Crippen LogP contribution >= 0.6 is 11.3 Å². The van der Waals surface area contributed by atoms with Gasteiger partial charge < -0.3 is 14.2 Å². The minimum atomic E-state index is -0.235. The molecule has 0 fully saturated rings. The zero-order valence-electron chi connectivity index (χ0n) is 20.2. The number of Topliss-reactive ketones (excluding diaryl/α,β-unsaturated/α-hetero) is 1. The molecule has 37 heavy (non-hydrogen) atoms. The highest BCUT2D eigenvalue weighted by Gasteiger charge is 2.22. The van der Waals surface area contributed by atoms with E-state index in [1.165, 1.54) is 18.4 Å². The van der Waals surface area contributed by atoms with Crippen molar-refractivity contribution in [2.24, 2.45) is 0 Å². The van der Waals surface area contributed by atoms with Gasteiger partial charge in [-0.25, -0.2) is 0 Å². The van der Waals surface area contributed by atoms with Crippen LogP contribution in [0.3, 0.4) is 0 Å². The van der Waals surface area contributed by atoms with Gasteiger partial charge in [-0.1, -0.05) is 72.8 Å². The second-order valence-electron chi connectivity index (χ2n) is 8.30. The Balaban J connectivity index is 1.35. The van der Waals surface area contributed by atoms with Crippen LogP contribution in [0.2, 0.25) is 0 Å². The Kier molecular flexibility index (Phi) is 7.28. The fourth-order valence-electron chi connectivity index (χ4n) is 3.95. The highest BCUT2D eigenvalue weighted by molar-refractivity contribution is 7.21. The summed E-state index contributed by atoms with van der Waals surface area (Å²) in [5, 5.41) is 0.807. The van der Waals surface area contributed by atoms with Gasteiger partial charge in [0.25, 0.3) is 0 Å². The van der Waals surface area contributed by atoms with E-state index in [1.54, 1.807) is 30.3 Å². The highest BCUT2D eigenvalue weighted by atomic mass is 32.1. The van der Waals surface area contributed by atoms with Crippen LogP contribution in [0, 0.1) is 0 Å². The average Bonchev–Trinajstić information content (AvgIpc) is 3.33. The largest absolute Gasteiger partial charge is 0.493 e. The van der Waals surface area contributed by atoms with Gasteiger partial charge in [-0.15, -0.1) is 11.3 Å². The molecule has 5 rings (SSSR count). The van der Waals surface area contributed by atoms with E-state index < -0.39 is 0 Å². The first-order valence-corrected chi connectivity index (χ1v) is 12.6. The molecule has 5 aromatic rings. The summed E-state index contributed by atoms with van der Waals surface area (Å²) in [7, 11) is 1.54. The van der Waals surface area contributed by atoms with Crippen molar-refractivity contribution in [2.45, 2.75) is 6.61 Å². The Morgan fingerprint density at radius 2 is 1.43 bits per heavy atom. The molecule has 0 spiro atoms. The van der Waals surface area contributed by atoms with Gasteiger partial charge in [0.05, 0.1) is 7.11 Å². The van der Waals surface area contributed by atoms with Crippen molar-refractivity contribution >= 4 is 33.0 Å². The minimum Gasteiger partial charge on any atom is -0.493 e. The van der Waals surface area contributed by atoms with Crippen molar-refractivity contribution in [2.75, 3.05) is 13.7 Å². The molecule has 0 bridgehead atoms. The summed E-state index contributed by atoms with van der Waals surface area (Å²) < 4.78 is 18.3. The van der Waals surface area contributed by atoms with E-state index >= 15 is 0 Å². The van der Waals surface area contributed by atoms with E-state index in [0.29, 0.717) is 39.9 Å². The number of fused-ring (bicyclic) bond motifs is 1.